The predicted octanol–water partition coefficient (Wildman–Crippen LogP) is 2.10. The Morgan fingerprint density at radius 3 is 2.89 bits per heavy atom. The van der Waals surface area contributed by atoms with Crippen LogP contribution in [0.3, 0.4) is 0 Å². The van der Waals surface area contributed by atoms with E-state index in [1.807, 2.05) is 12.4 Å². The third-order valence-electron chi connectivity index (χ3n) is 3.66. The lowest BCUT2D eigenvalue weighted by atomic mass is 9.77. The summed E-state index contributed by atoms with van der Waals surface area (Å²) < 4.78 is 5.58. The molecule has 3 N–H and O–H groups in total. The summed E-state index contributed by atoms with van der Waals surface area (Å²) in [5, 5.41) is 0. The highest BCUT2D eigenvalue weighted by Gasteiger charge is 2.31. The molecule has 100 valence electrons. The molecule has 1 fully saturated rings. The minimum absolute atomic E-state index is 0.199. The van der Waals surface area contributed by atoms with E-state index in [2.05, 4.69) is 30.3 Å². The molecule has 0 spiro atoms. The highest BCUT2D eigenvalue weighted by Crippen LogP contribution is 2.36. The lowest BCUT2D eigenvalue weighted by Gasteiger charge is -2.37. The first-order chi connectivity index (χ1) is 8.72. The molecule has 1 unspecified atom stereocenters. The molecule has 18 heavy (non-hydrogen) atoms. The third-order valence-corrected chi connectivity index (χ3v) is 3.66. The minimum Gasteiger partial charge on any atom is -0.378 e. The maximum Gasteiger partial charge on any atom is 0.0580 e. The summed E-state index contributed by atoms with van der Waals surface area (Å²) in [6.45, 7) is 4.92. The summed E-state index contributed by atoms with van der Waals surface area (Å²) in [4.78, 5) is 4.23. The highest BCUT2D eigenvalue weighted by molar-refractivity contribution is 5.20. The van der Waals surface area contributed by atoms with Crippen molar-refractivity contribution in [3.05, 3.63) is 29.6 Å². The van der Waals surface area contributed by atoms with Gasteiger partial charge < -0.3 is 4.74 Å². The smallest absolute Gasteiger partial charge is 0.0580 e. The zero-order valence-electron chi connectivity index (χ0n) is 11.2. The van der Waals surface area contributed by atoms with Crippen LogP contribution < -0.4 is 11.3 Å². The van der Waals surface area contributed by atoms with Crippen molar-refractivity contribution >= 4 is 0 Å². The van der Waals surface area contributed by atoms with Crippen LogP contribution in [0.5, 0.6) is 0 Å². The molecule has 1 atom stereocenters. The summed E-state index contributed by atoms with van der Waals surface area (Å²) in [6.07, 6.45) is 7.61. The van der Waals surface area contributed by atoms with Crippen LogP contribution in [0.2, 0.25) is 0 Å². The van der Waals surface area contributed by atoms with Crippen molar-refractivity contribution in [3.8, 4) is 0 Å². The Hall–Kier alpha value is -0.970. The van der Waals surface area contributed by atoms with E-state index in [1.54, 1.807) is 0 Å². The van der Waals surface area contributed by atoms with Crippen LogP contribution in [-0.2, 0) is 4.74 Å². The fourth-order valence-electron chi connectivity index (χ4n) is 2.64. The number of hydrogen-bond acceptors (Lipinski definition) is 4. The van der Waals surface area contributed by atoms with E-state index >= 15 is 0 Å². The number of hydrogen-bond donors (Lipinski definition) is 2. The van der Waals surface area contributed by atoms with Crippen LogP contribution in [-0.4, -0.2) is 17.7 Å². The summed E-state index contributed by atoms with van der Waals surface area (Å²) in [6, 6.07) is 2.35. The second-order valence-corrected chi connectivity index (χ2v) is 5.17. The van der Waals surface area contributed by atoms with Crippen molar-refractivity contribution in [2.24, 2.45) is 11.8 Å². The van der Waals surface area contributed by atoms with Crippen LogP contribution in [0.4, 0.5) is 0 Å². The Labute approximate surface area is 109 Å². The first-order valence-corrected chi connectivity index (χ1v) is 6.72. The van der Waals surface area contributed by atoms with Gasteiger partial charge in [0, 0.05) is 25.0 Å². The second kappa shape index (κ2) is 6.27. The van der Waals surface area contributed by atoms with Gasteiger partial charge in [-0.25, -0.2) is 0 Å². The fourth-order valence-corrected chi connectivity index (χ4v) is 2.64. The minimum atomic E-state index is 0.199. The normalized spacial score (nSPS) is 24.6. The van der Waals surface area contributed by atoms with Gasteiger partial charge in [0.05, 0.1) is 6.10 Å². The Morgan fingerprint density at radius 1 is 1.50 bits per heavy atom. The van der Waals surface area contributed by atoms with Crippen molar-refractivity contribution in [1.82, 2.24) is 10.4 Å². The average molecular weight is 249 g/mol. The third kappa shape index (κ3) is 3.28. The van der Waals surface area contributed by atoms with Crippen molar-refractivity contribution in [3.63, 3.8) is 0 Å². The van der Waals surface area contributed by atoms with Gasteiger partial charge in [0.1, 0.15) is 0 Å². The van der Waals surface area contributed by atoms with Crippen molar-refractivity contribution < 1.29 is 4.74 Å². The molecule has 4 heteroatoms. The number of hydrazine groups is 1. The fraction of sp³-hybridized carbons (Fsp3) is 0.643. The summed E-state index contributed by atoms with van der Waals surface area (Å²) >= 11 is 0. The van der Waals surface area contributed by atoms with Gasteiger partial charge in [0.2, 0.25) is 0 Å². The molecule has 1 aromatic heterocycles. The van der Waals surface area contributed by atoms with Gasteiger partial charge in [-0.05, 0) is 50.2 Å². The van der Waals surface area contributed by atoms with E-state index in [0.29, 0.717) is 12.0 Å². The molecule has 1 aromatic rings. The lowest BCUT2D eigenvalue weighted by Crippen LogP contribution is -2.36. The molecule has 1 aliphatic rings. The number of pyridine rings is 1. The number of nitrogens with two attached hydrogens (primary N) is 1. The Balaban J connectivity index is 1.87. The molecule has 0 radical (unpaired) electrons. The van der Waals surface area contributed by atoms with Crippen LogP contribution in [0.15, 0.2) is 18.5 Å². The molecule has 1 saturated carbocycles. The van der Waals surface area contributed by atoms with Gasteiger partial charge in [-0.15, -0.1) is 0 Å². The van der Waals surface area contributed by atoms with E-state index < -0.39 is 0 Å². The average Bonchev–Trinajstić information content (AvgIpc) is 2.32. The monoisotopic (exact) mass is 249 g/mol. The number of nitrogens with one attached hydrogen (secondary N) is 1. The Kier molecular flexibility index (Phi) is 4.69. The number of aryl methyl sites for hydroxylation is 1. The maximum absolute atomic E-state index is 5.67. The molecule has 0 amide bonds. The van der Waals surface area contributed by atoms with Gasteiger partial charge >= 0.3 is 0 Å². The Morgan fingerprint density at radius 2 is 2.28 bits per heavy atom. The van der Waals surface area contributed by atoms with Crippen molar-refractivity contribution in [2.45, 2.75) is 45.3 Å². The standard InChI is InChI=1S/C14H23N3O/c1-3-18-13-5-11(6-13)7-14(17-15)12-4-10(2)8-16-9-12/h4,8-9,11,13-14,17H,3,5-7,15H2,1-2H3. The predicted molar refractivity (Wildman–Crippen MR) is 71.8 cm³/mol. The number of rotatable bonds is 6. The van der Waals surface area contributed by atoms with Crippen LogP contribution in [0, 0.1) is 12.8 Å². The number of aromatic nitrogens is 1. The zero-order valence-corrected chi connectivity index (χ0v) is 11.2. The maximum atomic E-state index is 5.67. The van der Waals surface area contributed by atoms with Crippen LogP contribution in [0.1, 0.15) is 43.4 Å². The van der Waals surface area contributed by atoms with Crippen molar-refractivity contribution in [1.29, 1.82) is 0 Å². The van der Waals surface area contributed by atoms with Gasteiger partial charge in [-0.2, -0.15) is 0 Å². The van der Waals surface area contributed by atoms with Gasteiger partial charge in [0.25, 0.3) is 0 Å². The molecule has 4 nitrogen and oxygen atoms in total. The molecular formula is C14H23N3O. The molecule has 1 aliphatic carbocycles. The Bertz CT molecular complexity index is 377. The zero-order chi connectivity index (χ0) is 13.0. The quantitative estimate of drug-likeness (QED) is 0.599. The summed E-state index contributed by atoms with van der Waals surface area (Å²) in [5.74, 6) is 6.38. The molecule has 0 bridgehead atoms. The van der Waals surface area contributed by atoms with Crippen LogP contribution >= 0.6 is 0 Å². The highest BCUT2D eigenvalue weighted by atomic mass is 16.5. The molecule has 0 saturated heterocycles. The molecular weight excluding hydrogens is 226 g/mol. The van der Waals surface area contributed by atoms with E-state index in [0.717, 1.165) is 25.9 Å². The SMILES string of the molecule is CCOC1CC(CC(NN)c2cncc(C)c2)C1. The van der Waals surface area contributed by atoms with E-state index in [1.165, 1.54) is 11.1 Å². The lowest BCUT2D eigenvalue weighted by molar-refractivity contribution is -0.0291. The van der Waals surface area contributed by atoms with E-state index in [9.17, 15) is 0 Å². The molecule has 1 heterocycles. The van der Waals surface area contributed by atoms with E-state index in [4.69, 9.17) is 10.6 Å². The second-order valence-electron chi connectivity index (χ2n) is 5.17. The van der Waals surface area contributed by atoms with Crippen molar-refractivity contribution in [2.75, 3.05) is 6.61 Å². The van der Waals surface area contributed by atoms with Gasteiger partial charge in [-0.3, -0.25) is 16.3 Å². The summed E-state index contributed by atoms with van der Waals surface area (Å²) in [5.41, 5.74) is 5.26. The number of nitrogens with zero attached hydrogens (tertiary/aromatic N) is 1. The topological polar surface area (TPSA) is 60.2 Å². The first kappa shape index (κ1) is 13.5. The largest absolute Gasteiger partial charge is 0.378 e. The van der Waals surface area contributed by atoms with E-state index in [-0.39, 0.29) is 6.04 Å². The first-order valence-electron chi connectivity index (χ1n) is 6.72. The summed E-state index contributed by atoms with van der Waals surface area (Å²) in [7, 11) is 0. The molecule has 0 aliphatic heterocycles. The number of ether oxygens (including phenoxy) is 1. The van der Waals surface area contributed by atoms with Gasteiger partial charge in [0.15, 0.2) is 0 Å². The molecule has 2 rings (SSSR count). The van der Waals surface area contributed by atoms with Crippen LogP contribution in [0.25, 0.3) is 0 Å². The van der Waals surface area contributed by atoms with Gasteiger partial charge in [-0.1, -0.05) is 6.07 Å². The molecule has 0 aromatic carbocycles.